The van der Waals surface area contributed by atoms with Crippen LogP contribution in [0.25, 0.3) is 0 Å². The number of aryl methyl sites for hydroxylation is 2. The van der Waals surface area contributed by atoms with Crippen LogP contribution < -0.4 is 5.32 Å². The molecule has 10 heteroatoms. The van der Waals surface area contributed by atoms with Crippen molar-refractivity contribution in [1.29, 1.82) is 0 Å². The molecule has 118 valence electrons. The fourth-order valence-electron chi connectivity index (χ4n) is 1.88. The summed E-state index contributed by atoms with van der Waals surface area (Å²) < 4.78 is 3.05. The number of carbonyl (C=O) groups excluding carboxylic acids is 1. The fraction of sp³-hybridized carbons (Fsp3) is 0.154. The molecule has 0 bridgehead atoms. The predicted octanol–water partition coefficient (Wildman–Crippen LogP) is 2.00. The van der Waals surface area contributed by atoms with Crippen LogP contribution in [0.15, 0.2) is 40.5 Å². The molecule has 2 aromatic heterocycles. The summed E-state index contributed by atoms with van der Waals surface area (Å²) in [4.78, 5) is 13.1. The maximum absolute atomic E-state index is 12.4. The zero-order chi connectivity index (χ0) is 16.4. The van der Waals surface area contributed by atoms with Gasteiger partial charge in [-0.2, -0.15) is 5.10 Å². The number of benzene rings is 1. The van der Waals surface area contributed by atoms with E-state index in [9.17, 15) is 4.79 Å². The Labute approximate surface area is 140 Å². The number of nitrogens with one attached hydrogen (secondary N) is 1. The smallest absolute Gasteiger partial charge is 0.273 e. The topological polar surface area (TPSA) is 90.5 Å². The molecule has 8 nitrogen and oxygen atoms in total. The number of tetrazole rings is 1. The van der Waals surface area contributed by atoms with Gasteiger partial charge < -0.3 is 5.32 Å². The monoisotopic (exact) mass is 349 g/mol. The van der Waals surface area contributed by atoms with Crippen LogP contribution in [-0.2, 0) is 14.1 Å². The van der Waals surface area contributed by atoms with Crippen molar-refractivity contribution in [3.63, 3.8) is 0 Å². The molecule has 1 N–H and O–H groups in total. The second-order valence-corrected chi connectivity index (χ2v) is 6.07. The second-order valence-electron chi connectivity index (χ2n) is 4.62. The number of nitrogens with zero attached hydrogens (tertiary/aromatic N) is 6. The summed E-state index contributed by atoms with van der Waals surface area (Å²) in [5, 5.41) is 19.3. The zero-order valence-electron chi connectivity index (χ0n) is 12.3. The SMILES string of the molecule is Cn1nccc1C(=O)Nc1cc(Cl)ccc1Sc1nnnn1C. The lowest BCUT2D eigenvalue weighted by Crippen LogP contribution is -2.16. The normalized spacial score (nSPS) is 10.7. The summed E-state index contributed by atoms with van der Waals surface area (Å²) in [5.41, 5.74) is 1.03. The molecule has 1 amide bonds. The first-order valence-corrected chi connectivity index (χ1v) is 7.73. The highest BCUT2D eigenvalue weighted by Gasteiger charge is 2.15. The van der Waals surface area contributed by atoms with Crippen LogP contribution in [0.3, 0.4) is 0 Å². The summed E-state index contributed by atoms with van der Waals surface area (Å²) >= 11 is 7.38. The third kappa shape index (κ3) is 3.35. The molecule has 0 fully saturated rings. The van der Waals surface area contributed by atoms with Gasteiger partial charge in [-0.1, -0.05) is 11.6 Å². The van der Waals surface area contributed by atoms with E-state index < -0.39 is 0 Å². The molecule has 3 rings (SSSR count). The summed E-state index contributed by atoms with van der Waals surface area (Å²) in [6.07, 6.45) is 1.56. The van der Waals surface area contributed by atoms with Gasteiger partial charge in [0.25, 0.3) is 5.91 Å². The van der Waals surface area contributed by atoms with Crippen LogP contribution in [0.4, 0.5) is 5.69 Å². The lowest BCUT2D eigenvalue weighted by Gasteiger charge is -2.10. The lowest BCUT2D eigenvalue weighted by atomic mass is 10.3. The molecule has 3 aromatic rings. The number of rotatable bonds is 4. The summed E-state index contributed by atoms with van der Waals surface area (Å²) in [6, 6.07) is 6.87. The van der Waals surface area contributed by atoms with Crippen LogP contribution >= 0.6 is 23.4 Å². The van der Waals surface area contributed by atoms with E-state index in [1.54, 1.807) is 49.2 Å². The van der Waals surface area contributed by atoms with Crippen molar-refractivity contribution in [3.05, 3.63) is 41.2 Å². The molecule has 0 aliphatic rings. The molecule has 0 saturated carbocycles. The minimum Gasteiger partial charge on any atom is -0.320 e. The molecular formula is C13H12ClN7OS. The van der Waals surface area contributed by atoms with Crippen LogP contribution in [0.2, 0.25) is 5.02 Å². The number of aromatic nitrogens is 6. The van der Waals surface area contributed by atoms with Gasteiger partial charge >= 0.3 is 0 Å². The molecule has 0 unspecified atom stereocenters. The quantitative estimate of drug-likeness (QED) is 0.774. The highest BCUT2D eigenvalue weighted by Crippen LogP contribution is 2.33. The van der Waals surface area contributed by atoms with Crippen LogP contribution in [0.1, 0.15) is 10.5 Å². The predicted molar refractivity (Wildman–Crippen MR) is 85.5 cm³/mol. The second kappa shape index (κ2) is 6.39. The first-order valence-electron chi connectivity index (χ1n) is 6.53. The van der Waals surface area contributed by atoms with E-state index >= 15 is 0 Å². The van der Waals surface area contributed by atoms with E-state index in [2.05, 4.69) is 25.9 Å². The van der Waals surface area contributed by atoms with Crippen LogP contribution in [-0.4, -0.2) is 35.9 Å². The van der Waals surface area contributed by atoms with E-state index in [-0.39, 0.29) is 5.91 Å². The summed E-state index contributed by atoms with van der Waals surface area (Å²) in [6.45, 7) is 0. The van der Waals surface area contributed by atoms with E-state index in [1.165, 1.54) is 16.4 Å². The average molecular weight is 350 g/mol. The largest absolute Gasteiger partial charge is 0.320 e. The van der Waals surface area contributed by atoms with Crippen molar-refractivity contribution >= 4 is 35.0 Å². The van der Waals surface area contributed by atoms with Crippen LogP contribution in [0.5, 0.6) is 0 Å². The third-order valence-corrected chi connectivity index (χ3v) is 4.37. The Kier molecular flexibility index (Phi) is 4.30. The summed E-state index contributed by atoms with van der Waals surface area (Å²) in [7, 11) is 3.44. The van der Waals surface area contributed by atoms with Crippen molar-refractivity contribution in [2.24, 2.45) is 14.1 Å². The van der Waals surface area contributed by atoms with Crippen molar-refractivity contribution in [3.8, 4) is 0 Å². The number of amides is 1. The molecule has 0 saturated heterocycles. The number of hydrogen-bond donors (Lipinski definition) is 1. The minimum absolute atomic E-state index is 0.273. The molecule has 23 heavy (non-hydrogen) atoms. The zero-order valence-corrected chi connectivity index (χ0v) is 13.8. The van der Waals surface area contributed by atoms with E-state index in [1.807, 2.05) is 0 Å². The van der Waals surface area contributed by atoms with Gasteiger partial charge in [0.05, 0.1) is 5.69 Å². The Hall–Kier alpha value is -2.39. The maximum Gasteiger partial charge on any atom is 0.273 e. The van der Waals surface area contributed by atoms with Gasteiger partial charge in [0.1, 0.15) is 5.69 Å². The molecule has 0 radical (unpaired) electrons. The Morgan fingerprint density at radius 3 is 2.74 bits per heavy atom. The highest BCUT2D eigenvalue weighted by atomic mass is 35.5. The highest BCUT2D eigenvalue weighted by molar-refractivity contribution is 7.99. The maximum atomic E-state index is 12.4. The van der Waals surface area contributed by atoms with E-state index in [0.29, 0.717) is 21.6 Å². The van der Waals surface area contributed by atoms with Gasteiger partial charge in [-0.15, -0.1) is 5.10 Å². The first-order chi connectivity index (χ1) is 11.0. The number of anilines is 1. The Balaban J connectivity index is 1.89. The standard InChI is InChI=1S/C13H12ClN7OS/c1-20-10(5-6-15-20)12(22)16-9-7-8(14)3-4-11(9)23-13-17-18-19-21(13)2/h3-7H,1-2H3,(H,16,22). The van der Waals surface area contributed by atoms with Gasteiger partial charge in [-0.3, -0.25) is 9.48 Å². The van der Waals surface area contributed by atoms with Gasteiger partial charge in [0.15, 0.2) is 0 Å². The minimum atomic E-state index is -0.273. The molecule has 0 atom stereocenters. The van der Waals surface area contributed by atoms with Crippen molar-refractivity contribution in [2.45, 2.75) is 10.1 Å². The Bertz CT molecular complexity index is 860. The van der Waals surface area contributed by atoms with Crippen molar-refractivity contribution in [1.82, 2.24) is 30.0 Å². The van der Waals surface area contributed by atoms with E-state index in [0.717, 1.165) is 4.90 Å². The fourth-order valence-corrected chi connectivity index (χ4v) is 2.85. The van der Waals surface area contributed by atoms with E-state index in [4.69, 9.17) is 11.6 Å². The Morgan fingerprint density at radius 2 is 2.09 bits per heavy atom. The molecular weight excluding hydrogens is 338 g/mol. The number of hydrogen-bond acceptors (Lipinski definition) is 6. The molecule has 0 spiro atoms. The molecule has 0 aliphatic carbocycles. The average Bonchev–Trinajstić information content (AvgIpc) is 3.11. The number of halogens is 1. The summed E-state index contributed by atoms with van der Waals surface area (Å²) in [5.74, 6) is -0.273. The van der Waals surface area contributed by atoms with Crippen LogP contribution in [0, 0.1) is 0 Å². The Morgan fingerprint density at radius 1 is 1.26 bits per heavy atom. The van der Waals surface area contributed by atoms with Gasteiger partial charge in [0.2, 0.25) is 5.16 Å². The molecule has 1 aromatic carbocycles. The number of carbonyl (C=O) groups is 1. The van der Waals surface area contributed by atoms with Crippen molar-refractivity contribution < 1.29 is 4.79 Å². The van der Waals surface area contributed by atoms with Gasteiger partial charge in [-0.05, 0) is 46.5 Å². The molecule has 2 heterocycles. The van der Waals surface area contributed by atoms with Crippen molar-refractivity contribution in [2.75, 3.05) is 5.32 Å². The first kappa shape index (κ1) is 15.5. The van der Waals surface area contributed by atoms with Gasteiger partial charge in [-0.25, -0.2) is 4.68 Å². The van der Waals surface area contributed by atoms with Gasteiger partial charge in [0, 0.05) is 30.2 Å². The molecule has 0 aliphatic heterocycles. The third-order valence-electron chi connectivity index (χ3n) is 3.03. The lowest BCUT2D eigenvalue weighted by molar-refractivity contribution is 0.101.